The molecule has 2 aromatic rings. The van der Waals surface area contributed by atoms with Crippen LogP contribution in [0.4, 0.5) is 0 Å². The molecule has 1 heterocycles. The van der Waals surface area contributed by atoms with Gasteiger partial charge in [-0.25, -0.2) is 0 Å². The van der Waals surface area contributed by atoms with Crippen molar-refractivity contribution in [2.45, 2.75) is 25.9 Å². The number of ether oxygens (including phenoxy) is 3. The molecule has 138 valence electrons. The lowest BCUT2D eigenvalue weighted by Gasteiger charge is -2.18. The van der Waals surface area contributed by atoms with E-state index in [1.54, 1.807) is 25.3 Å². The van der Waals surface area contributed by atoms with Crippen LogP contribution in [0.25, 0.3) is 0 Å². The Morgan fingerprint density at radius 1 is 1.31 bits per heavy atom. The third-order valence-electron chi connectivity index (χ3n) is 4.12. The number of para-hydroxylation sites is 1. The monoisotopic (exact) mass is 419 g/mol. The van der Waals surface area contributed by atoms with E-state index in [2.05, 4.69) is 41.2 Å². The summed E-state index contributed by atoms with van der Waals surface area (Å²) in [6, 6.07) is 11.2. The SMILES string of the molecule is COc1ccc(Br)c(C(=O)NCCOc2cccc3c2OC(C)(C)C3)c1. The Labute approximate surface area is 161 Å². The van der Waals surface area contributed by atoms with Crippen molar-refractivity contribution in [1.82, 2.24) is 5.32 Å². The molecule has 0 atom stereocenters. The smallest absolute Gasteiger partial charge is 0.252 e. The van der Waals surface area contributed by atoms with Gasteiger partial charge in [-0.1, -0.05) is 12.1 Å². The van der Waals surface area contributed by atoms with Crippen LogP contribution in [0.5, 0.6) is 17.2 Å². The summed E-state index contributed by atoms with van der Waals surface area (Å²) in [6.45, 7) is 4.86. The molecule has 0 spiro atoms. The summed E-state index contributed by atoms with van der Waals surface area (Å²) in [5.41, 5.74) is 1.46. The molecule has 1 aliphatic rings. The molecular formula is C20H22BrNO4. The van der Waals surface area contributed by atoms with Gasteiger partial charge < -0.3 is 19.5 Å². The maximum absolute atomic E-state index is 12.3. The maximum Gasteiger partial charge on any atom is 0.252 e. The summed E-state index contributed by atoms with van der Waals surface area (Å²) in [7, 11) is 1.57. The molecule has 0 aliphatic carbocycles. The van der Waals surface area contributed by atoms with Crippen LogP contribution in [0.2, 0.25) is 0 Å². The van der Waals surface area contributed by atoms with Gasteiger partial charge in [0.1, 0.15) is 18.0 Å². The molecule has 2 aromatic carbocycles. The standard InChI is InChI=1S/C20H22BrNO4/c1-20(2)12-13-5-4-6-17(18(13)26-20)25-10-9-22-19(23)15-11-14(24-3)7-8-16(15)21/h4-8,11H,9-10,12H2,1-3H3,(H,22,23). The average molecular weight is 420 g/mol. The van der Waals surface area contributed by atoms with E-state index in [0.717, 1.165) is 17.7 Å². The van der Waals surface area contributed by atoms with Crippen LogP contribution < -0.4 is 19.5 Å². The molecule has 26 heavy (non-hydrogen) atoms. The molecule has 5 nitrogen and oxygen atoms in total. The molecule has 6 heteroatoms. The molecule has 1 aliphatic heterocycles. The number of carbonyl (C=O) groups is 1. The number of fused-ring (bicyclic) bond motifs is 1. The van der Waals surface area contributed by atoms with Crippen LogP contribution in [0, 0.1) is 0 Å². The van der Waals surface area contributed by atoms with Gasteiger partial charge in [0.2, 0.25) is 0 Å². The Morgan fingerprint density at radius 2 is 2.12 bits per heavy atom. The number of methoxy groups -OCH3 is 1. The first-order valence-electron chi connectivity index (χ1n) is 8.45. The van der Waals surface area contributed by atoms with E-state index in [0.29, 0.717) is 34.7 Å². The number of benzene rings is 2. The minimum Gasteiger partial charge on any atom is -0.497 e. The summed E-state index contributed by atoms with van der Waals surface area (Å²) in [5, 5.41) is 2.86. The third kappa shape index (κ3) is 4.12. The summed E-state index contributed by atoms with van der Waals surface area (Å²) < 4.78 is 17.7. The van der Waals surface area contributed by atoms with Gasteiger partial charge in [0.05, 0.1) is 19.2 Å². The highest BCUT2D eigenvalue weighted by atomic mass is 79.9. The lowest BCUT2D eigenvalue weighted by Crippen LogP contribution is -2.28. The van der Waals surface area contributed by atoms with Crippen LogP contribution in [-0.2, 0) is 6.42 Å². The minimum absolute atomic E-state index is 0.185. The molecule has 0 saturated carbocycles. The number of rotatable bonds is 6. The Bertz CT molecular complexity index is 819. The molecule has 1 amide bonds. The zero-order valence-electron chi connectivity index (χ0n) is 15.1. The number of hydrogen-bond acceptors (Lipinski definition) is 4. The van der Waals surface area contributed by atoms with Crippen LogP contribution in [0.3, 0.4) is 0 Å². The molecule has 1 N–H and O–H groups in total. The summed E-state index contributed by atoms with van der Waals surface area (Å²) in [5.74, 6) is 1.97. The predicted octanol–water partition coefficient (Wildman–Crippen LogP) is 3.98. The fraction of sp³-hybridized carbons (Fsp3) is 0.350. The highest BCUT2D eigenvalue weighted by molar-refractivity contribution is 9.10. The lowest BCUT2D eigenvalue weighted by atomic mass is 10.0. The van der Waals surface area contributed by atoms with Crippen LogP contribution in [-0.4, -0.2) is 31.8 Å². The third-order valence-corrected chi connectivity index (χ3v) is 4.81. The van der Waals surface area contributed by atoms with Crippen molar-refractivity contribution in [2.75, 3.05) is 20.3 Å². The van der Waals surface area contributed by atoms with Crippen molar-refractivity contribution < 1.29 is 19.0 Å². The lowest BCUT2D eigenvalue weighted by molar-refractivity contribution is 0.0945. The zero-order chi connectivity index (χ0) is 18.7. The molecular weight excluding hydrogens is 398 g/mol. The van der Waals surface area contributed by atoms with Gasteiger partial charge in [0.15, 0.2) is 11.5 Å². The van der Waals surface area contributed by atoms with Crippen molar-refractivity contribution in [3.63, 3.8) is 0 Å². The van der Waals surface area contributed by atoms with Gasteiger partial charge >= 0.3 is 0 Å². The van der Waals surface area contributed by atoms with E-state index in [-0.39, 0.29) is 11.5 Å². The van der Waals surface area contributed by atoms with Crippen LogP contribution >= 0.6 is 15.9 Å². The maximum atomic E-state index is 12.3. The largest absolute Gasteiger partial charge is 0.497 e. The predicted molar refractivity (Wildman–Crippen MR) is 103 cm³/mol. The quantitative estimate of drug-likeness (QED) is 0.719. The van der Waals surface area contributed by atoms with Gasteiger partial charge in [-0.15, -0.1) is 0 Å². The number of hydrogen-bond donors (Lipinski definition) is 1. The molecule has 0 bridgehead atoms. The number of nitrogens with one attached hydrogen (secondary N) is 1. The zero-order valence-corrected chi connectivity index (χ0v) is 16.7. The highest BCUT2D eigenvalue weighted by Crippen LogP contribution is 2.41. The summed E-state index contributed by atoms with van der Waals surface area (Å²) in [4.78, 5) is 12.3. The van der Waals surface area contributed by atoms with E-state index in [1.165, 1.54) is 0 Å². The van der Waals surface area contributed by atoms with Crippen molar-refractivity contribution in [3.8, 4) is 17.2 Å². The number of amides is 1. The molecule has 0 radical (unpaired) electrons. The van der Waals surface area contributed by atoms with Crippen molar-refractivity contribution >= 4 is 21.8 Å². The first-order chi connectivity index (χ1) is 12.4. The van der Waals surface area contributed by atoms with Gasteiger partial charge in [-0.3, -0.25) is 4.79 Å². The van der Waals surface area contributed by atoms with Gasteiger partial charge in [0, 0.05) is 16.5 Å². The highest BCUT2D eigenvalue weighted by Gasteiger charge is 2.32. The Balaban J connectivity index is 1.56. The molecule has 0 saturated heterocycles. The van der Waals surface area contributed by atoms with E-state index in [1.807, 2.05) is 12.1 Å². The fourth-order valence-corrected chi connectivity index (χ4v) is 3.35. The van der Waals surface area contributed by atoms with Gasteiger partial charge in [0.25, 0.3) is 5.91 Å². The second-order valence-corrected chi connectivity index (χ2v) is 7.59. The molecule has 0 fully saturated rings. The van der Waals surface area contributed by atoms with Crippen molar-refractivity contribution in [3.05, 3.63) is 52.0 Å². The normalized spacial score (nSPS) is 14.3. The molecule has 3 rings (SSSR count). The Kier molecular flexibility index (Phi) is 5.41. The summed E-state index contributed by atoms with van der Waals surface area (Å²) in [6.07, 6.45) is 0.861. The van der Waals surface area contributed by atoms with E-state index in [9.17, 15) is 4.79 Å². The van der Waals surface area contributed by atoms with Gasteiger partial charge in [-0.05, 0) is 54.0 Å². The topological polar surface area (TPSA) is 56.8 Å². The van der Waals surface area contributed by atoms with Gasteiger partial charge in [-0.2, -0.15) is 0 Å². The first kappa shape index (κ1) is 18.6. The Hall–Kier alpha value is -2.21. The average Bonchev–Trinajstić information content (AvgIpc) is 2.93. The van der Waals surface area contributed by atoms with Crippen molar-refractivity contribution in [2.24, 2.45) is 0 Å². The summed E-state index contributed by atoms with van der Waals surface area (Å²) >= 11 is 3.39. The Morgan fingerprint density at radius 3 is 2.88 bits per heavy atom. The van der Waals surface area contributed by atoms with Crippen molar-refractivity contribution in [1.29, 1.82) is 0 Å². The minimum atomic E-state index is -0.214. The first-order valence-corrected chi connectivity index (χ1v) is 9.24. The fourth-order valence-electron chi connectivity index (χ4n) is 2.93. The van der Waals surface area contributed by atoms with E-state index in [4.69, 9.17) is 14.2 Å². The molecule has 0 aromatic heterocycles. The number of halogens is 1. The second-order valence-electron chi connectivity index (χ2n) is 6.73. The van der Waals surface area contributed by atoms with Crippen LogP contribution in [0.1, 0.15) is 29.8 Å². The van der Waals surface area contributed by atoms with E-state index >= 15 is 0 Å². The van der Waals surface area contributed by atoms with E-state index < -0.39 is 0 Å². The molecule has 0 unspecified atom stereocenters. The van der Waals surface area contributed by atoms with Crippen LogP contribution in [0.15, 0.2) is 40.9 Å². The number of carbonyl (C=O) groups excluding carboxylic acids is 1. The second kappa shape index (κ2) is 7.58.